The van der Waals surface area contributed by atoms with E-state index < -0.39 is 12.0 Å². The van der Waals surface area contributed by atoms with E-state index in [-0.39, 0.29) is 17.8 Å². The number of nitrogens with zero attached hydrogens (tertiary/aromatic N) is 1. The van der Waals surface area contributed by atoms with Crippen molar-refractivity contribution in [3.63, 3.8) is 0 Å². The molecule has 0 radical (unpaired) electrons. The van der Waals surface area contributed by atoms with E-state index in [1.165, 1.54) is 0 Å². The molecular formula is C28H33N5O3. The maximum absolute atomic E-state index is 13.6. The number of carbonyl (C=O) groups is 2. The van der Waals surface area contributed by atoms with Crippen molar-refractivity contribution in [1.82, 2.24) is 10.6 Å². The Hall–Kier alpha value is -4.33. The van der Waals surface area contributed by atoms with Gasteiger partial charge in [0.2, 0.25) is 11.8 Å². The summed E-state index contributed by atoms with van der Waals surface area (Å²) in [5.41, 5.74) is 13.4. The first-order valence-electron chi connectivity index (χ1n) is 11.8. The molecule has 0 saturated heterocycles. The minimum atomic E-state index is -0.757. The van der Waals surface area contributed by atoms with Crippen LogP contribution in [0.3, 0.4) is 0 Å². The molecule has 36 heavy (non-hydrogen) atoms. The van der Waals surface area contributed by atoms with Crippen LogP contribution in [0, 0.1) is 0 Å². The van der Waals surface area contributed by atoms with Gasteiger partial charge in [-0.05, 0) is 41.7 Å². The molecule has 6 N–H and O–H groups in total. The number of rotatable bonds is 12. The van der Waals surface area contributed by atoms with Gasteiger partial charge in [0.05, 0.1) is 13.0 Å². The number of nitrogens with one attached hydrogen (secondary N) is 2. The van der Waals surface area contributed by atoms with E-state index in [1.54, 1.807) is 7.11 Å². The lowest BCUT2D eigenvalue weighted by molar-refractivity contribution is -0.129. The summed E-state index contributed by atoms with van der Waals surface area (Å²) in [5.74, 6) is -0.394. The Labute approximate surface area is 211 Å². The Morgan fingerprint density at radius 2 is 1.53 bits per heavy atom. The fourth-order valence-corrected chi connectivity index (χ4v) is 3.91. The number of benzene rings is 3. The summed E-state index contributed by atoms with van der Waals surface area (Å²) in [7, 11) is 1.59. The molecule has 0 aliphatic carbocycles. The summed E-state index contributed by atoms with van der Waals surface area (Å²) in [6.45, 7) is 0.662. The van der Waals surface area contributed by atoms with Gasteiger partial charge in [-0.1, -0.05) is 72.8 Å². The Balaban J connectivity index is 1.77. The molecule has 0 bridgehead atoms. The van der Waals surface area contributed by atoms with Gasteiger partial charge in [-0.3, -0.25) is 14.6 Å². The van der Waals surface area contributed by atoms with Crippen molar-refractivity contribution >= 4 is 17.8 Å². The first kappa shape index (κ1) is 26.3. The summed E-state index contributed by atoms with van der Waals surface area (Å²) in [6, 6.07) is 25.7. The van der Waals surface area contributed by atoms with Crippen molar-refractivity contribution in [3.05, 3.63) is 102 Å². The fourth-order valence-electron chi connectivity index (χ4n) is 3.91. The van der Waals surface area contributed by atoms with Crippen molar-refractivity contribution in [3.8, 4) is 5.75 Å². The number of hydrogen-bond donors (Lipinski definition) is 4. The summed E-state index contributed by atoms with van der Waals surface area (Å²) in [5, 5.41) is 5.90. The third kappa shape index (κ3) is 7.87. The van der Waals surface area contributed by atoms with Crippen molar-refractivity contribution < 1.29 is 14.3 Å². The number of aliphatic imine (C=N–C) groups is 1. The van der Waals surface area contributed by atoms with Crippen LogP contribution in [0.15, 0.2) is 89.9 Å². The number of hydrogen-bond acceptors (Lipinski definition) is 4. The largest absolute Gasteiger partial charge is 0.497 e. The average Bonchev–Trinajstić information content (AvgIpc) is 2.90. The Morgan fingerprint density at radius 3 is 2.11 bits per heavy atom. The number of carbonyl (C=O) groups excluding carboxylic acids is 2. The molecule has 1 atom stereocenters. The highest BCUT2D eigenvalue weighted by molar-refractivity contribution is 5.92. The van der Waals surface area contributed by atoms with Gasteiger partial charge >= 0.3 is 0 Å². The molecule has 3 aromatic rings. The highest BCUT2D eigenvalue weighted by Gasteiger charge is 2.27. The minimum Gasteiger partial charge on any atom is -0.497 e. The second-order valence-electron chi connectivity index (χ2n) is 8.33. The summed E-state index contributed by atoms with van der Waals surface area (Å²) < 4.78 is 5.25. The number of ether oxygens (including phenoxy) is 1. The summed E-state index contributed by atoms with van der Waals surface area (Å²) in [4.78, 5) is 30.8. The molecule has 2 amide bonds. The first-order chi connectivity index (χ1) is 17.5. The smallest absolute Gasteiger partial charge is 0.242 e. The normalized spacial score (nSPS) is 11.4. The van der Waals surface area contributed by atoms with Crippen molar-refractivity contribution in [2.75, 3.05) is 13.7 Å². The topological polar surface area (TPSA) is 132 Å². The van der Waals surface area contributed by atoms with E-state index in [1.807, 2.05) is 84.9 Å². The molecule has 0 saturated carbocycles. The molecule has 8 nitrogen and oxygen atoms in total. The van der Waals surface area contributed by atoms with Crippen molar-refractivity contribution in [1.29, 1.82) is 0 Å². The van der Waals surface area contributed by atoms with Crippen LogP contribution in [-0.2, 0) is 16.1 Å². The zero-order valence-electron chi connectivity index (χ0n) is 20.4. The summed E-state index contributed by atoms with van der Waals surface area (Å²) in [6.07, 6.45) is 0.902. The van der Waals surface area contributed by atoms with E-state index in [0.717, 1.165) is 16.7 Å². The zero-order chi connectivity index (χ0) is 25.8. The molecule has 3 aromatic carbocycles. The number of methoxy groups -OCH3 is 1. The molecule has 0 aliphatic rings. The summed E-state index contributed by atoms with van der Waals surface area (Å²) >= 11 is 0. The highest BCUT2D eigenvalue weighted by Crippen LogP contribution is 2.25. The van der Waals surface area contributed by atoms with Crippen molar-refractivity contribution in [2.24, 2.45) is 16.5 Å². The monoisotopic (exact) mass is 487 g/mol. The lowest BCUT2D eigenvalue weighted by Gasteiger charge is -2.23. The van der Waals surface area contributed by atoms with E-state index in [9.17, 15) is 9.59 Å². The van der Waals surface area contributed by atoms with Crippen LogP contribution in [0.1, 0.15) is 35.4 Å². The van der Waals surface area contributed by atoms with Crippen LogP contribution in [0.25, 0.3) is 0 Å². The van der Waals surface area contributed by atoms with Gasteiger partial charge in [0.15, 0.2) is 5.96 Å². The Bertz CT molecular complexity index is 1110. The maximum atomic E-state index is 13.6. The average molecular weight is 488 g/mol. The van der Waals surface area contributed by atoms with E-state index in [4.69, 9.17) is 16.2 Å². The molecular weight excluding hydrogens is 454 g/mol. The lowest BCUT2D eigenvalue weighted by Crippen LogP contribution is -2.48. The molecule has 0 aliphatic heterocycles. The minimum absolute atomic E-state index is 0.00807. The lowest BCUT2D eigenvalue weighted by atomic mass is 9.90. The van der Waals surface area contributed by atoms with Crippen molar-refractivity contribution in [2.45, 2.75) is 31.3 Å². The van der Waals surface area contributed by atoms with Crippen LogP contribution in [0.4, 0.5) is 0 Å². The standard InChI is InChI=1S/C28H33N5O3/c1-36-23-15-8-10-20(18-23)19-32-26(34)24(16-9-17-31-28(29)30)33-27(35)25(21-11-4-2-5-12-21)22-13-6-3-7-14-22/h2-8,10-15,18,24-25H,9,16-17,19H2,1H3,(H,32,34)(H,33,35)(H4,29,30,31)/t24-/m0/s1. The zero-order valence-corrected chi connectivity index (χ0v) is 20.4. The molecule has 188 valence electrons. The van der Waals surface area contributed by atoms with E-state index in [0.29, 0.717) is 31.7 Å². The Morgan fingerprint density at radius 1 is 0.889 bits per heavy atom. The third-order valence-electron chi connectivity index (χ3n) is 5.71. The molecule has 3 rings (SSSR count). The third-order valence-corrected chi connectivity index (χ3v) is 5.71. The molecule has 0 fully saturated rings. The van der Waals surface area contributed by atoms with Gasteiger partial charge in [-0.2, -0.15) is 0 Å². The highest BCUT2D eigenvalue weighted by atomic mass is 16.5. The predicted octanol–water partition coefficient (Wildman–Crippen LogP) is 2.68. The van der Waals surface area contributed by atoms with Gasteiger partial charge in [0, 0.05) is 13.1 Å². The Kier molecular flexibility index (Phi) is 9.88. The fraction of sp³-hybridized carbons (Fsp3) is 0.250. The van der Waals surface area contributed by atoms with Gasteiger partial charge in [-0.25, -0.2) is 0 Å². The number of nitrogens with two attached hydrogens (primary N) is 2. The molecule has 0 aromatic heterocycles. The molecule has 0 spiro atoms. The number of guanidine groups is 1. The maximum Gasteiger partial charge on any atom is 0.242 e. The quantitative estimate of drug-likeness (QED) is 0.177. The molecule has 0 unspecified atom stereocenters. The predicted molar refractivity (Wildman–Crippen MR) is 141 cm³/mol. The van der Waals surface area contributed by atoms with Gasteiger partial charge in [0.1, 0.15) is 11.8 Å². The van der Waals surface area contributed by atoms with Gasteiger partial charge in [-0.15, -0.1) is 0 Å². The van der Waals surface area contributed by atoms with Crippen LogP contribution in [0.2, 0.25) is 0 Å². The SMILES string of the molecule is COc1cccc(CNC(=O)[C@H](CCCN=C(N)N)NC(=O)C(c2ccccc2)c2ccccc2)c1. The van der Waals surface area contributed by atoms with E-state index >= 15 is 0 Å². The van der Waals surface area contributed by atoms with Crippen LogP contribution >= 0.6 is 0 Å². The molecule has 0 heterocycles. The van der Waals surface area contributed by atoms with Gasteiger partial charge in [0.25, 0.3) is 0 Å². The second kappa shape index (κ2) is 13.5. The first-order valence-corrected chi connectivity index (χ1v) is 11.8. The van der Waals surface area contributed by atoms with Gasteiger partial charge < -0.3 is 26.8 Å². The second-order valence-corrected chi connectivity index (χ2v) is 8.33. The van der Waals surface area contributed by atoms with Crippen LogP contribution < -0.4 is 26.8 Å². The van der Waals surface area contributed by atoms with Crippen LogP contribution in [-0.4, -0.2) is 37.5 Å². The number of amides is 2. The van der Waals surface area contributed by atoms with E-state index in [2.05, 4.69) is 15.6 Å². The van der Waals surface area contributed by atoms with Crippen LogP contribution in [0.5, 0.6) is 5.75 Å². The molecule has 8 heteroatoms.